The Morgan fingerprint density at radius 3 is 2.91 bits per heavy atom. The number of halogens is 4. The molecule has 12 heteroatoms. The molecule has 2 heterocycles. The van der Waals surface area contributed by atoms with Crippen molar-refractivity contribution in [3.8, 4) is 28.8 Å². The molecule has 3 aromatic rings. The van der Waals surface area contributed by atoms with Gasteiger partial charge in [0.1, 0.15) is 53.6 Å². The number of carbonyl (C=O) groups is 1. The summed E-state index contributed by atoms with van der Waals surface area (Å²) in [6.07, 6.45) is -4.60. The molecule has 1 atom stereocenters. The van der Waals surface area contributed by atoms with Crippen LogP contribution in [0.15, 0.2) is 36.4 Å². The Balaban J connectivity index is 1.60. The molecule has 0 aliphatic carbocycles. The third-order valence-electron chi connectivity index (χ3n) is 5.10. The molecule has 1 aromatic heterocycles. The summed E-state index contributed by atoms with van der Waals surface area (Å²) < 4.78 is 84.9. The molecule has 176 valence electrons. The number of amides is 1. The summed E-state index contributed by atoms with van der Waals surface area (Å²) >= 11 is 0. The van der Waals surface area contributed by atoms with E-state index in [9.17, 15) is 27.6 Å². The van der Waals surface area contributed by atoms with Crippen molar-refractivity contribution in [2.24, 2.45) is 0 Å². The van der Waals surface area contributed by atoms with Gasteiger partial charge >= 0.3 is 6.18 Å². The van der Waals surface area contributed by atoms with E-state index in [4.69, 9.17) is 19.3 Å². The maximum absolute atomic E-state index is 13.8. The molecule has 0 saturated carbocycles. The molecule has 0 fully saturated rings. The van der Waals surface area contributed by atoms with Crippen LogP contribution in [0.3, 0.4) is 0 Å². The van der Waals surface area contributed by atoms with Crippen LogP contribution in [0.25, 0.3) is 11.3 Å². The van der Waals surface area contributed by atoms with E-state index < -0.39 is 43.3 Å². The minimum Gasteiger partial charge on any atom is -0.496 e. The molecule has 2 aromatic carbocycles. The second-order valence-electron chi connectivity index (χ2n) is 7.33. The lowest BCUT2D eigenvalue weighted by Crippen LogP contribution is -2.29. The Bertz CT molecular complexity index is 1420. The zero-order valence-corrected chi connectivity index (χ0v) is 17.1. The van der Waals surface area contributed by atoms with Gasteiger partial charge in [0.2, 0.25) is 0 Å². The number of rotatable bonds is 5. The number of hydrogen-bond acceptors (Lipinski definition) is 6. The summed E-state index contributed by atoms with van der Waals surface area (Å²) in [5, 5.41) is 15.9. The number of hydrogen-bond donors (Lipinski definition) is 2. The highest BCUT2D eigenvalue weighted by Gasteiger charge is 2.32. The van der Waals surface area contributed by atoms with Crippen LogP contribution in [0, 0.1) is 17.1 Å². The van der Waals surface area contributed by atoms with E-state index in [-0.39, 0.29) is 40.5 Å². The number of nitriles is 1. The predicted octanol–water partition coefficient (Wildman–Crippen LogP) is 3.58. The monoisotopic (exact) mass is 478 g/mol. The number of fused-ring (bicyclic) bond motifs is 1. The van der Waals surface area contributed by atoms with Gasteiger partial charge in [-0.3, -0.25) is 4.79 Å². The number of ether oxygens (including phenoxy) is 2. The van der Waals surface area contributed by atoms with Crippen molar-refractivity contribution in [2.45, 2.75) is 18.8 Å². The van der Waals surface area contributed by atoms with Gasteiger partial charge in [0.15, 0.2) is 0 Å². The minimum absolute atomic E-state index is 0.0505. The number of nitrogen functional groups attached to an aromatic ring is 1. The quantitative estimate of drug-likeness (QED) is 0.542. The van der Waals surface area contributed by atoms with Gasteiger partial charge in [-0.25, -0.2) is 9.07 Å². The van der Waals surface area contributed by atoms with Crippen LogP contribution in [-0.2, 0) is 6.54 Å². The van der Waals surface area contributed by atoms with Gasteiger partial charge in [0, 0.05) is 11.1 Å². The van der Waals surface area contributed by atoms with E-state index >= 15 is 0 Å². The molecule has 0 spiro atoms. The highest BCUT2D eigenvalue weighted by Crippen LogP contribution is 2.38. The van der Waals surface area contributed by atoms with Gasteiger partial charge in [-0.15, -0.1) is 0 Å². The number of nitrogens with one attached hydrogen (secondary N) is 1. The van der Waals surface area contributed by atoms with Crippen molar-refractivity contribution in [1.82, 2.24) is 15.1 Å². The number of benzene rings is 2. The lowest BCUT2D eigenvalue weighted by atomic mass is 10.0. The summed E-state index contributed by atoms with van der Waals surface area (Å²) in [5.41, 5.74) is 5.78. The van der Waals surface area contributed by atoms with Crippen molar-refractivity contribution in [3.63, 3.8) is 0 Å². The maximum Gasteiger partial charge on any atom is 0.408 e. The van der Waals surface area contributed by atoms with E-state index in [2.05, 4.69) is 10.4 Å². The maximum atomic E-state index is 13.8. The first-order valence-corrected chi connectivity index (χ1v) is 9.65. The SMILES string of the molecule is [2H]C([2H])([2H])Oc1ccc(F)cc1C(=O)NC1COc2cc(-c3nn(CC(F)(F)F)c(N)c3C#N)ccc21. The largest absolute Gasteiger partial charge is 0.496 e. The van der Waals surface area contributed by atoms with Crippen LogP contribution in [0.5, 0.6) is 11.5 Å². The lowest BCUT2D eigenvalue weighted by molar-refractivity contribution is -0.142. The van der Waals surface area contributed by atoms with Gasteiger partial charge in [0.25, 0.3) is 5.91 Å². The van der Waals surface area contributed by atoms with E-state index in [0.717, 1.165) is 18.2 Å². The van der Waals surface area contributed by atoms with Crippen LogP contribution in [0.1, 0.15) is 31.6 Å². The molecule has 0 bridgehead atoms. The number of alkyl halides is 3. The smallest absolute Gasteiger partial charge is 0.408 e. The average Bonchev–Trinajstić information content (AvgIpc) is 3.33. The average molecular weight is 478 g/mol. The zero-order chi connectivity index (χ0) is 27.1. The van der Waals surface area contributed by atoms with Crippen LogP contribution in [0.2, 0.25) is 0 Å². The minimum atomic E-state index is -4.60. The summed E-state index contributed by atoms with van der Waals surface area (Å²) in [7, 11) is -2.87. The van der Waals surface area contributed by atoms with Crippen molar-refractivity contribution in [1.29, 1.82) is 5.26 Å². The first-order chi connectivity index (χ1) is 17.3. The van der Waals surface area contributed by atoms with Crippen molar-refractivity contribution < 1.29 is 35.9 Å². The number of nitrogens with two attached hydrogens (primary N) is 1. The molecule has 3 N–H and O–H groups in total. The summed E-state index contributed by atoms with van der Waals surface area (Å²) in [4.78, 5) is 12.8. The third-order valence-corrected chi connectivity index (χ3v) is 5.10. The van der Waals surface area contributed by atoms with Gasteiger partial charge in [-0.1, -0.05) is 12.1 Å². The second-order valence-corrected chi connectivity index (χ2v) is 7.33. The van der Waals surface area contributed by atoms with E-state index in [1.807, 2.05) is 0 Å². The third kappa shape index (κ3) is 4.32. The summed E-state index contributed by atoms with van der Waals surface area (Å²) in [6.45, 7) is -1.53. The van der Waals surface area contributed by atoms with Crippen LogP contribution in [0.4, 0.5) is 23.4 Å². The number of carbonyl (C=O) groups excluding carboxylic acids is 1. The van der Waals surface area contributed by atoms with Crippen molar-refractivity contribution >= 4 is 11.7 Å². The Hall–Kier alpha value is -4.27. The fraction of sp³-hybridized carbons (Fsp3) is 0.227. The van der Waals surface area contributed by atoms with Crippen LogP contribution >= 0.6 is 0 Å². The highest BCUT2D eigenvalue weighted by atomic mass is 19.4. The molecule has 1 amide bonds. The van der Waals surface area contributed by atoms with E-state index in [1.165, 1.54) is 18.2 Å². The molecular weight excluding hydrogens is 458 g/mol. The number of aromatic nitrogens is 2. The highest BCUT2D eigenvalue weighted by molar-refractivity contribution is 5.97. The van der Waals surface area contributed by atoms with Crippen LogP contribution < -0.4 is 20.5 Å². The van der Waals surface area contributed by atoms with Crippen LogP contribution in [-0.4, -0.2) is 35.5 Å². The van der Waals surface area contributed by atoms with Crippen molar-refractivity contribution in [3.05, 3.63) is 58.9 Å². The van der Waals surface area contributed by atoms with Gasteiger partial charge in [-0.05, 0) is 24.3 Å². The van der Waals surface area contributed by atoms with Crippen molar-refractivity contribution in [2.75, 3.05) is 19.4 Å². The molecule has 0 saturated heterocycles. The molecule has 34 heavy (non-hydrogen) atoms. The molecule has 1 aliphatic rings. The first-order valence-electron chi connectivity index (χ1n) is 11.2. The second kappa shape index (κ2) is 8.58. The summed E-state index contributed by atoms with van der Waals surface area (Å²) in [6, 6.07) is 8.27. The predicted molar refractivity (Wildman–Crippen MR) is 111 cm³/mol. The van der Waals surface area contributed by atoms with Gasteiger partial charge in [0.05, 0.1) is 22.8 Å². The lowest BCUT2D eigenvalue weighted by Gasteiger charge is -2.14. The number of nitrogens with zero attached hydrogens (tertiary/aromatic N) is 3. The Labute approximate surface area is 194 Å². The van der Waals surface area contributed by atoms with E-state index in [1.54, 1.807) is 6.07 Å². The van der Waals surface area contributed by atoms with Gasteiger partial charge in [-0.2, -0.15) is 23.5 Å². The molecular formula is C22H17F4N5O3. The number of methoxy groups -OCH3 is 1. The summed E-state index contributed by atoms with van der Waals surface area (Å²) in [5.74, 6) is -2.13. The normalized spacial score (nSPS) is 16.4. The first kappa shape index (κ1) is 19.2. The molecule has 4 rings (SSSR count). The van der Waals surface area contributed by atoms with E-state index in [0.29, 0.717) is 10.2 Å². The number of anilines is 1. The Morgan fingerprint density at radius 2 is 2.21 bits per heavy atom. The molecule has 0 radical (unpaired) electrons. The zero-order valence-electron chi connectivity index (χ0n) is 20.1. The van der Waals surface area contributed by atoms with Gasteiger partial charge < -0.3 is 20.5 Å². The topological polar surface area (TPSA) is 115 Å². The fourth-order valence-electron chi connectivity index (χ4n) is 3.56. The Morgan fingerprint density at radius 1 is 1.41 bits per heavy atom. The molecule has 8 nitrogen and oxygen atoms in total. The Kier molecular flexibility index (Phi) is 4.85. The standard InChI is InChI=1S/C22H17F4N5O3/c1-33-17-5-3-12(23)7-14(17)21(32)29-16-9-34-18-6-11(2-4-13(16)18)19-15(8-27)20(28)31(30-19)10-22(24,25)26/h2-7,16H,9-10,28H2,1H3,(H,29,32)/i1D3. The fourth-order valence-corrected chi connectivity index (χ4v) is 3.56. The molecule has 1 unspecified atom stereocenters. The molecule has 1 aliphatic heterocycles.